The number of amides is 1. The SMILES string of the molecule is CCn1c(-c2nnc(C(F)(F)F)o2)nc2c1CN([C@H]1CO[C@H](c3cc(F)ccc3F)[C@@H](N(C(=O)O)C(C)(C)C)C1)C2. The molecule has 10 nitrogen and oxygen atoms in total. The molecule has 2 aliphatic rings. The zero-order valence-corrected chi connectivity index (χ0v) is 22.7. The van der Waals surface area contributed by atoms with Gasteiger partial charge < -0.3 is 18.8 Å². The molecule has 1 amide bonds. The van der Waals surface area contributed by atoms with Crippen LogP contribution in [-0.2, 0) is 30.5 Å². The van der Waals surface area contributed by atoms with Crippen molar-refractivity contribution in [3.05, 3.63) is 52.7 Å². The Balaban J connectivity index is 1.42. The van der Waals surface area contributed by atoms with Gasteiger partial charge in [0.25, 0.3) is 5.89 Å². The molecule has 4 heterocycles. The lowest BCUT2D eigenvalue weighted by molar-refractivity contribution is -0.157. The Morgan fingerprint density at radius 3 is 2.51 bits per heavy atom. The van der Waals surface area contributed by atoms with Crippen LogP contribution in [0.2, 0.25) is 0 Å². The summed E-state index contributed by atoms with van der Waals surface area (Å²) in [6.07, 6.45) is -6.79. The fraction of sp³-hybridized carbons (Fsp3) is 0.538. The predicted octanol–water partition coefficient (Wildman–Crippen LogP) is 5.24. The molecular weight excluding hydrogens is 555 g/mol. The molecular formula is C26H29F5N6O4. The summed E-state index contributed by atoms with van der Waals surface area (Å²) in [5.41, 5.74) is 0.409. The molecule has 222 valence electrons. The number of hydrogen-bond donors (Lipinski definition) is 1. The van der Waals surface area contributed by atoms with Gasteiger partial charge in [-0.1, -0.05) is 0 Å². The van der Waals surface area contributed by atoms with Crippen LogP contribution in [0.5, 0.6) is 0 Å². The molecule has 0 unspecified atom stereocenters. The van der Waals surface area contributed by atoms with E-state index in [4.69, 9.17) is 9.15 Å². The molecule has 1 aromatic carbocycles. The van der Waals surface area contributed by atoms with Crippen LogP contribution in [0, 0.1) is 11.6 Å². The Labute approximate surface area is 231 Å². The van der Waals surface area contributed by atoms with Crippen molar-refractivity contribution in [3.63, 3.8) is 0 Å². The van der Waals surface area contributed by atoms with Crippen LogP contribution in [0.15, 0.2) is 22.6 Å². The summed E-state index contributed by atoms with van der Waals surface area (Å²) in [7, 11) is 0. The first-order valence-electron chi connectivity index (χ1n) is 13.0. The van der Waals surface area contributed by atoms with Crippen LogP contribution >= 0.6 is 0 Å². The number of ether oxygens (including phenoxy) is 1. The second kappa shape index (κ2) is 10.4. The Hall–Kier alpha value is -3.59. The third-order valence-electron chi connectivity index (χ3n) is 7.41. The van der Waals surface area contributed by atoms with Crippen molar-refractivity contribution in [1.82, 2.24) is 29.5 Å². The Morgan fingerprint density at radius 1 is 1.17 bits per heavy atom. The van der Waals surface area contributed by atoms with E-state index in [1.807, 2.05) is 4.90 Å². The number of carbonyl (C=O) groups is 1. The van der Waals surface area contributed by atoms with Crippen LogP contribution < -0.4 is 0 Å². The number of hydrogen-bond acceptors (Lipinski definition) is 7. The molecule has 1 fully saturated rings. The molecule has 0 spiro atoms. The molecule has 2 aromatic heterocycles. The predicted molar refractivity (Wildman–Crippen MR) is 132 cm³/mol. The van der Waals surface area contributed by atoms with Gasteiger partial charge in [0.05, 0.1) is 24.0 Å². The molecule has 0 bridgehead atoms. The van der Waals surface area contributed by atoms with Crippen molar-refractivity contribution in [2.24, 2.45) is 0 Å². The van der Waals surface area contributed by atoms with Gasteiger partial charge in [0, 0.05) is 36.8 Å². The molecule has 3 aromatic rings. The van der Waals surface area contributed by atoms with Crippen molar-refractivity contribution >= 4 is 6.09 Å². The van der Waals surface area contributed by atoms with Gasteiger partial charge in [-0.2, -0.15) is 13.2 Å². The van der Waals surface area contributed by atoms with Crippen LogP contribution in [-0.4, -0.2) is 65.0 Å². The minimum absolute atomic E-state index is 0.0600. The molecule has 5 rings (SSSR count). The van der Waals surface area contributed by atoms with Crippen LogP contribution in [0.3, 0.4) is 0 Å². The summed E-state index contributed by atoms with van der Waals surface area (Å²) >= 11 is 0. The first-order chi connectivity index (χ1) is 19.2. The minimum Gasteiger partial charge on any atom is -0.465 e. The van der Waals surface area contributed by atoms with Gasteiger partial charge in [0.1, 0.15) is 17.7 Å². The minimum atomic E-state index is -4.78. The Kier molecular flexibility index (Phi) is 7.30. The van der Waals surface area contributed by atoms with E-state index in [0.717, 1.165) is 23.9 Å². The zero-order chi connectivity index (χ0) is 29.9. The van der Waals surface area contributed by atoms with Crippen LogP contribution in [0.1, 0.15) is 63.1 Å². The van der Waals surface area contributed by atoms with Gasteiger partial charge in [-0.15, -0.1) is 10.2 Å². The molecule has 2 aliphatic heterocycles. The van der Waals surface area contributed by atoms with Gasteiger partial charge in [-0.25, -0.2) is 18.6 Å². The monoisotopic (exact) mass is 584 g/mol. The van der Waals surface area contributed by atoms with Crippen molar-refractivity contribution in [3.8, 4) is 11.7 Å². The second-order valence-electron chi connectivity index (χ2n) is 11.1. The molecule has 0 saturated carbocycles. The largest absolute Gasteiger partial charge is 0.470 e. The first-order valence-corrected chi connectivity index (χ1v) is 13.0. The van der Waals surface area contributed by atoms with Gasteiger partial charge in [-0.05, 0) is 52.3 Å². The zero-order valence-electron chi connectivity index (χ0n) is 22.7. The third kappa shape index (κ3) is 5.39. The summed E-state index contributed by atoms with van der Waals surface area (Å²) in [4.78, 5) is 20.2. The topological polar surface area (TPSA) is 110 Å². The lowest BCUT2D eigenvalue weighted by atomic mass is 9.88. The van der Waals surface area contributed by atoms with Gasteiger partial charge in [-0.3, -0.25) is 9.80 Å². The highest BCUT2D eigenvalue weighted by Crippen LogP contribution is 2.40. The third-order valence-corrected chi connectivity index (χ3v) is 7.41. The van der Waals surface area contributed by atoms with Gasteiger partial charge in [0.2, 0.25) is 0 Å². The van der Waals surface area contributed by atoms with E-state index >= 15 is 0 Å². The number of benzene rings is 1. The molecule has 0 radical (unpaired) electrons. The van der Waals surface area contributed by atoms with Gasteiger partial charge >= 0.3 is 18.2 Å². The Morgan fingerprint density at radius 2 is 1.90 bits per heavy atom. The summed E-state index contributed by atoms with van der Waals surface area (Å²) in [5.74, 6) is -3.04. The number of aromatic nitrogens is 4. The molecule has 1 N–H and O–H groups in total. The van der Waals surface area contributed by atoms with Crippen molar-refractivity contribution in [1.29, 1.82) is 0 Å². The summed E-state index contributed by atoms with van der Waals surface area (Å²) in [6.45, 7) is 8.08. The highest BCUT2D eigenvalue weighted by molar-refractivity contribution is 5.66. The fourth-order valence-electron chi connectivity index (χ4n) is 5.72. The normalized spacial score (nSPS) is 21.7. The Bertz CT molecular complexity index is 1450. The number of carboxylic acid groups (broad SMARTS) is 1. The fourth-order valence-corrected chi connectivity index (χ4v) is 5.72. The average Bonchev–Trinajstić information content (AvgIpc) is 3.58. The molecule has 15 heteroatoms. The number of fused-ring (bicyclic) bond motifs is 1. The van der Waals surface area contributed by atoms with Crippen molar-refractivity contribution in [2.75, 3.05) is 6.61 Å². The lowest BCUT2D eigenvalue weighted by Gasteiger charge is -2.48. The number of imidazole rings is 1. The van der Waals surface area contributed by atoms with E-state index in [-0.39, 0.29) is 36.3 Å². The van der Waals surface area contributed by atoms with E-state index < -0.39 is 47.5 Å². The quantitative estimate of drug-likeness (QED) is 0.406. The standard InChI is InChI=1S/C26H29F5N6O4/c1-5-36-19-11-35(10-17(19)32-21(36)22-33-34-23(41-22)26(29,30)31)14-9-18(37(24(38)39)25(2,3)4)20(40-12-14)15-8-13(27)6-7-16(15)28/h6-8,14,18,20H,5,9-12H2,1-4H3,(H,38,39)/t14-,18+,20-/m1/s1. The van der Waals surface area contributed by atoms with Crippen molar-refractivity contribution in [2.45, 2.75) is 83.7 Å². The van der Waals surface area contributed by atoms with Crippen LogP contribution in [0.25, 0.3) is 11.7 Å². The van der Waals surface area contributed by atoms with E-state index in [1.54, 1.807) is 32.3 Å². The summed E-state index contributed by atoms with van der Waals surface area (Å²) in [6, 6.07) is 1.84. The maximum absolute atomic E-state index is 14.8. The van der Waals surface area contributed by atoms with Crippen molar-refractivity contribution < 1.29 is 41.0 Å². The summed E-state index contributed by atoms with van der Waals surface area (Å²) < 4.78 is 80.6. The maximum atomic E-state index is 14.8. The maximum Gasteiger partial charge on any atom is 0.470 e. The van der Waals surface area contributed by atoms with E-state index in [0.29, 0.717) is 25.3 Å². The number of halogens is 5. The summed E-state index contributed by atoms with van der Waals surface area (Å²) in [5, 5.41) is 16.8. The molecule has 1 saturated heterocycles. The van der Waals surface area contributed by atoms with Gasteiger partial charge in [0.15, 0.2) is 5.82 Å². The molecule has 3 atom stereocenters. The average molecular weight is 585 g/mol. The first kappa shape index (κ1) is 28.9. The molecule has 0 aliphatic carbocycles. The number of alkyl halides is 3. The van der Waals surface area contributed by atoms with E-state index in [1.165, 1.54) is 4.90 Å². The number of rotatable bonds is 5. The highest BCUT2D eigenvalue weighted by Gasteiger charge is 2.46. The van der Waals surface area contributed by atoms with E-state index in [2.05, 4.69) is 15.2 Å². The molecule has 41 heavy (non-hydrogen) atoms. The second-order valence-corrected chi connectivity index (χ2v) is 11.1. The lowest BCUT2D eigenvalue weighted by Crippen LogP contribution is -2.58. The highest BCUT2D eigenvalue weighted by atomic mass is 19.4. The van der Waals surface area contributed by atoms with E-state index in [9.17, 15) is 31.9 Å². The van der Waals surface area contributed by atoms with Crippen LogP contribution in [0.4, 0.5) is 26.7 Å². The number of nitrogens with zero attached hydrogens (tertiary/aromatic N) is 6. The smallest absolute Gasteiger partial charge is 0.465 e.